The first-order valence-electron chi connectivity index (χ1n) is 7.06. The zero-order valence-corrected chi connectivity index (χ0v) is 14.2. The fourth-order valence-corrected chi connectivity index (χ4v) is 2.24. The summed E-state index contributed by atoms with van der Waals surface area (Å²) < 4.78 is 41.7. The highest BCUT2D eigenvalue weighted by Gasteiger charge is 2.29. The summed E-state index contributed by atoms with van der Waals surface area (Å²) in [5.74, 6) is 0. The molecule has 0 aromatic heterocycles. The van der Waals surface area contributed by atoms with Crippen LogP contribution in [0, 0.1) is 0 Å². The molecule has 5 nitrogen and oxygen atoms in total. The van der Waals surface area contributed by atoms with E-state index in [4.69, 9.17) is 4.74 Å². The maximum absolute atomic E-state index is 12.2. The van der Waals surface area contributed by atoms with Crippen LogP contribution in [0.15, 0.2) is 29.2 Å². The van der Waals surface area contributed by atoms with Crippen LogP contribution in [0.25, 0.3) is 0 Å². The molecule has 0 saturated heterocycles. The molecule has 3 N–H and O–H groups in total. The average molecular weight is 367 g/mol. The Kier molecular flexibility index (Phi) is 6.94. The highest BCUT2D eigenvalue weighted by atomic mass is 32.2. The Hall–Kier alpha value is -1.45. The SMILES string of the molecule is CC(C)(C)OC(=O)NCC(O)C(O)c1ccc(SC(F)(F)F)cc1. The zero-order chi connectivity index (χ0) is 18.5. The molecule has 2 atom stereocenters. The number of rotatable bonds is 5. The maximum Gasteiger partial charge on any atom is 0.446 e. The minimum absolute atomic E-state index is 0.0279. The summed E-state index contributed by atoms with van der Waals surface area (Å²) in [6.45, 7) is 4.77. The lowest BCUT2D eigenvalue weighted by atomic mass is 10.0. The number of alkyl carbamates (subject to hydrolysis) is 1. The van der Waals surface area contributed by atoms with Crippen LogP contribution in [0.5, 0.6) is 0 Å². The number of hydrogen-bond acceptors (Lipinski definition) is 5. The lowest BCUT2D eigenvalue weighted by Crippen LogP contribution is -2.38. The van der Waals surface area contributed by atoms with Gasteiger partial charge in [0.2, 0.25) is 0 Å². The van der Waals surface area contributed by atoms with Gasteiger partial charge < -0.3 is 20.3 Å². The molecule has 0 heterocycles. The van der Waals surface area contributed by atoms with Gasteiger partial charge in [0.25, 0.3) is 0 Å². The molecule has 0 aliphatic heterocycles. The van der Waals surface area contributed by atoms with Gasteiger partial charge in [-0.05, 0) is 50.2 Å². The predicted molar refractivity (Wildman–Crippen MR) is 83.6 cm³/mol. The Morgan fingerprint density at radius 3 is 2.21 bits per heavy atom. The summed E-state index contributed by atoms with van der Waals surface area (Å²) in [7, 11) is 0. The molecule has 24 heavy (non-hydrogen) atoms. The van der Waals surface area contributed by atoms with Crippen LogP contribution in [0.4, 0.5) is 18.0 Å². The third kappa shape index (κ3) is 7.89. The number of ether oxygens (including phenoxy) is 1. The van der Waals surface area contributed by atoms with Gasteiger partial charge in [-0.15, -0.1) is 0 Å². The number of hydrogen-bond donors (Lipinski definition) is 3. The molecule has 0 aliphatic rings. The summed E-state index contributed by atoms with van der Waals surface area (Å²) in [5.41, 5.74) is -4.85. The number of aliphatic hydroxyl groups excluding tert-OH is 2. The van der Waals surface area contributed by atoms with E-state index >= 15 is 0 Å². The molecule has 0 saturated carbocycles. The van der Waals surface area contributed by atoms with Crippen molar-refractivity contribution in [3.8, 4) is 0 Å². The van der Waals surface area contributed by atoms with Crippen molar-refractivity contribution in [2.45, 2.75) is 49.0 Å². The van der Waals surface area contributed by atoms with Crippen molar-refractivity contribution in [1.29, 1.82) is 0 Å². The van der Waals surface area contributed by atoms with Gasteiger partial charge in [0, 0.05) is 11.4 Å². The fourth-order valence-electron chi connectivity index (χ4n) is 1.70. The molecule has 0 aliphatic carbocycles. The molecule has 0 spiro atoms. The Bertz CT molecular complexity index is 543. The topological polar surface area (TPSA) is 78.8 Å². The highest BCUT2D eigenvalue weighted by molar-refractivity contribution is 8.00. The van der Waals surface area contributed by atoms with E-state index in [-0.39, 0.29) is 28.8 Å². The molecule has 0 fully saturated rings. The first-order valence-corrected chi connectivity index (χ1v) is 7.88. The van der Waals surface area contributed by atoms with E-state index in [0.717, 1.165) is 0 Å². The summed E-state index contributed by atoms with van der Waals surface area (Å²) in [4.78, 5) is 11.4. The molecule has 2 unspecified atom stereocenters. The third-order valence-corrected chi connectivity index (χ3v) is 3.41. The van der Waals surface area contributed by atoms with Crippen LogP contribution in [0.2, 0.25) is 0 Å². The number of halogens is 3. The van der Waals surface area contributed by atoms with E-state index in [9.17, 15) is 28.2 Å². The summed E-state index contributed by atoms with van der Waals surface area (Å²) in [6, 6.07) is 4.97. The second-order valence-corrected chi connectivity index (χ2v) is 7.15. The Labute approximate surface area is 142 Å². The van der Waals surface area contributed by atoms with Crippen LogP contribution < -0.4 is 5.32 Å². The second kappa shape index (κ2) is 8.09. The van der Waals surface area contributed by atoms with Crippen molar-refractivity contribution in [2.75, 3.05) is 6.54 Å². The highest BCUT2D eigenvalue weighted by Crippen LogP contribution is 2.37. The Morgan fingerprint density at radius 2 is 1.75 bits per heavy atom. The Morgan fingerprint density at radius 1 is 1.21 bits per heavy atom. The van der Waals surface area contributed by atoms with Crippen LogP contribution in [0.1, 0.15) is 32.4 Å². The molecular formula is C15H20F3NO4S. The van der Waals surface area contributed by atoms with Crippen molar-refractivity contribution in [3.63, 3.8) is 0 Å². The summed E-state index contributed by atoms with van der Waals surface area (Å²) >= 11 is -0.269. The van der Waals surface area contributed by atoms with Crippen molar-refractivity contribution < 1.29 is 32.9 Å². The van der Waals surface area contributed by atoms with Gasteiger partial charge in [0.05, 0.1) is 0 Å². The number of aliphatic hydroxyl groups is 2. The fraction of sp³-hybridized carbons (Fsp3) is 0.533. The number of alkyl halides is 3. The van der Waals surface area contributed by atoms with Crippen LogP contribution in [0.3, 0.4) is 0 Å². The largest absolute Gasteiger partial charge is 0.446 e. The third-order valence-electron chi connectivity index (χ3n) is 2.67. The first kappa shape index (κ1) is 20.6. The quantitative estimate of drug-likeness (QED) is 0.697. The lowest BCUT2D eigenvalue weighted by molar-refractivity contribution is -0.0328. The van der Waals surface area contributed by atoms with Crippen LogP contribution in [-0.4, -0.2) is 40.1 Å². The van der Waals surface area contributed by atoms with E-state index < -0.39 is 29.4 Å². The van der Waals surface area contributed by atoms with Gasteiger partial charge in [-0.25, -0.2) is 4.79 Å². The van der Waals surface area contributed by atoms with Gasteiger partial charge in [-0.2, -0.15) is 13.2 Å². The van der Waals surface area contributed by atoms with Gasteiger partial charge in [0.1, 0.15) is 17.8 Å². The first-order chi connectivity index (χ1) is 10.9. The van der Waals surface area contributed by atoms with E-state index in [0.29, 0.717) is 0 Å². The van der Waals surface area contributed by atoms with Crippen molar-refractivity contribution in [1.82, 2.24) is 5.32 Å². The van der Waals surface area contributed by atoms with Crippen LogP contribution >= 0.6 is 11.8 Å². The molecule has 1 amide bonds. The molecule has 9 heteroatoms. The van der Waals surface area contributed by atoms with E-state index in [1.807, 2.05) is 0 Å². The van der Waals surface area contributed by atoms with Crippen molar-refractivity contribution in [2.24, 2.45) is 0 Å². The zero-order valence-electron chi connectivity index (χ0n) is 13.4. The number of nitrogens with one attached hydrogen (secondary N) is 1. The number of thioether (sulfide) groups is 1. The lowest BCUT2D eigenvalue weighted by Gasteiger charge is -2.22. The average Bonchev–Trinajstić information content (AvgIpc) is 2.41. The molecule has 136 valence electrons. The number of carbonyl (C=O) groups excluding carboxylic acids is 1. The normalized spacial score (nSPS) is 14.8. The Balaban J connectivity index is 2.56. The van der Waals surface area contributed by atoms with Crippen molar-refractivity contribution in [3.05, 3.63) is 29.8 Å². The summed E-state index contributed by atoms with van der Waals surface area (Å²) in [6.07, 6.45) is -3.44. The number of amides is 1. The molecule has 0 radical (unpaired) electrons. The smallest absolute Gasteiger partial charge is 0.444 e. The van der Waals surface area contributed by atoms with Gasteiger partial charge in [-0.1, -0.05) is 12.1 Å². The summed E-state index contributed by atoms with van der Waals surface area (Å²) in [5, 5.41) is 22.2. The van der Waals surface area contributed by atoms with E-state index in [1.54, 1.807) is 20.8 Å². The van der Waals surface area contributed by atoms with Crippen LogP contribution in [-0.2, 0) is 4.74 Å². The molecule has 1 rings (SSSR count). The number of carbonyl (C=O) groups is 1. The second-order valence-electron chi connectivity index (χ2n) is 6.01. The van der Waals surface area contributed by atoms with E-state index in [1.165, 1.54) is 24.3 Å². The van der Waals surface area contributed by atoms with Gasteiger partial charge in [0.15, 0.2) is 0 Å². The number of benzene rings is 1. The van der Waals surface area contributed by atoms with Gasteiger partial charge >= 0.3 is 11.6 Å². The standard InChI is InChI=1S/C15H20F3NO4S/c1-14(2,3)23-13(22)19-8-11(20)12(21)9-4-6-10(7-5-9)24-15(16,17)18/h4-7,11-12,20-21H,8H2,1-3H3,(H,19,22). The van der Waals surface area contributed by atoms with Crippen molar-refractivity contribution >= 4 is 17.9 Å². The molecule has 1 aromatic carbocycles. The minimum Gasteiger partial charge on any atom is -0.444 e. The predicted octanol–water partition coefficient (Wildman–Crippen LogP) is 3.22. The molecule has 0 bridgehead atoms. The molecule has 1 aromatic rings. The maximum atomic E-state index is 12.2. The minimum atomic E-state index is -4.39. The van der Waals surface area contributed by atoms with Gasteiger partial charge in [-0.3, -0.25) is 0 Å². The van der Waals surface area contributed by atoms with E-state index in [2.05, 4.69) is 5.32 Å². The molecular weight excluding hydrogens is 347 g/mol. The monoisotopic (exact) mass is 367 g/mol.